The van der Waals surface area contributed by atoms with Gasteiger partial charge in [-0.15, -0.1) is 0 Å². The van der Waals surface area contributed by atoms with E-state index in [1.807, 2.05) is 0 Å². The molecule has 0 saturated heterocycles. The molecule has 0 aromatic heterocycles. The molecule has 0 aliphatic carbocycles. The predicted octanol–water partition coefficient (Wildman–Crippen LogP) is -1.26. The molecule has 0 bridgehead atoms. The molecule has 4 N–H and O–H groups in total. The van der Waals surface area contributed by atoms with Crippen molar-refractivity contribution in [3.63, 3.8) is 0 Å². The van der Waals surface area contributed by atoms with Gasteiger partial charge in [0.25, 0.3) is 5.78 Å². The molecule has 11 heavy (non-hydrogen) atoms. The summed E-state index contributed by atoms with van der Waals surface area (Å²) in [6.45, 7) is 0.337. The first kappa shape index (κ1) is 10.1. The van der Waals surface area contributed by atoms with Crippen molar-refractivity contribution in [2.75, 3.05) is 6.54 Å². The maximum absolute atomic E-state index is 10.5. The molecule has 0 saturated carbocycles. The van der Waals surface area contributed by atoms with Crippen molar-refractivity contribution in [3.05, 3.63) is 0 Å². The molecular formula is C6H11NO4. The Morgan fingerprint density at radius 1 is 1.45 bits per heavy atom. The molecule has 1 unspecified atom stereocenters. The molecule has 0 aliphatic heterocycles. The highest BCUT2D eigenvalue weighted by Gasteiger charge is 2.21. The fourth-order valence-corrected chi connectivity index (χ4v) is 0.585. The number of carbonyl (C=O) groups is 2. The number of aliphatic hydroxyl groups excluding tert-OH is 1. The predicted molar refractivity (Wildman–Crippen MR) is 36.9 cm³/mol. The first-order valence-corrected chi connectivity index (χ1v) is 3.25. The van der Waals surface area contributed by atoms with E-state index in [-0.39, 0.29) is 6.42 Å². The lowest BCUT2D eigenvalue weighted by Gasteiger charge is -2.03. The zero-order valence-electron chi connectivity index (χ0n) is 5.99. The molecule has 0 aromatic rings. The van der Waals surface area contributed by atoms with E-state index in [4.69, 9.17) is 15.9 Å². The zero-order chi connectivity index (χ0) is 8.85. The minimum atomic E-state index is -1.60. The summed E-state index contributed by atoms with van der Waals surface area (Å²) in [5, 5.41) is 16.9. The van der Waals surface area contributed by atoms with Gasteiger partial charge in [0.1, 0.15) is 6.10 Å². The molecule has 0 radical (unpaired) electrons. The van der Waals surface area contributed by atoms with Gasteiger partial charge in [-0.3, -0.25) is 4.79 Å². The molecule has 0 spiro atoms. The lowest BCUT2D eigenvalue weighted by atomic mass is 10.1. The lowest BCUT2D eigenvalue weighted by molar-refractivity contribution is -0.153. The minimum Gasteiger partial charge on any atom is -0.475 e. The summed E-state index contributed by atoms with van der Waals surface area (Å²) in [5.74, 6) is -2.77. The van der Waals surface area contributed by atoms with Crippen molar-refractivity contribution in [3.8, 4) is 0 Å². The Bertz CT molecular complexity index is 157. The van der Waals surface area contributed by atoms with E-state index in [0.29, 0.717) is 13.0 Å². The third kappa shape index (κ3) is 3.69. The Hall–Kier alpha value is -0.940. The van der Waals surface area contributed by atoms with Crippen LogP contribution in [-0.2, 0) is 9.59 Å². The number of rotatable bonds is 5. The van der Waals surface area contributed by atoms with E-state index in [9.17, 15) is 9.59 Å². The van der Waals surface area contributed by atoms with Gasteiger partial charge in [-0.1, -0.05) is 0 Å². The molecule has 0 heterocycles. The maximum Gasteiger partial charge on any atom is 0.374 e. The topological polar surface area (TPSA) is 101 Å². The second-order valence-electron chi connectivity index (χ2n) is 2.12. The highest BCUT2D eigenvalue weighted by molar-refractivity contribution is 6.34. The summed E-state index contributed by atoms with van der Waals surface area (Å²) in [6.07, 6.45) is -0.849. The molecule has 5 heteroatoms. The van der Waals surface area contributed by atoms with Crippen LogP contribution in [0.4, 0.5) is 0 Å². The van der Waals surface area contributed by atoms with Gasteiger partial charge >= 0.3 is 5.97 Å². The van der Waals surface area contributed by atoms with E-state index in [1.54, 1.807) is 0 Å². The molecule has 5 nitrogen and oxygen atoms in total. The fourth-order valence-electron chi connectivity index (χ4n) is 0.585. The summed E-state index contributed by atoms with van der Waals surface area (Å²) in [4.78, 5) is 20.4. The number of aliphatic carboxylic acids is 1. The Labute approximate surface area is 63.8 Å². The Balaban J connectivity index is 3.73. The number of hydrogen-bond donors (Lipinski definition) is 3. The average molecular weight is 161 g/mol. The Morgan fingerprint density at radius 3 is 2.36 bits per heavy atom. The Morgan fingerprint density at radius 2 is 2.00 bits per heavy atom. The van der Waals surface area contributed by atoms with Crippen LogP contribution in [-0.4, -0.2) is 34.6 Å². The van der Waals surface area contributed by atoms with Crippen molar-refractivity contribution in [1.82, 2.24) is 0 Å². The van der Waals surface area contributed by atoms with E-state index in [0.717, 1.165) is 0 Å². The van der Waals surface area contributed by atoms with Crippen LogP contribution in [0.15, 0.2) is 0 Å². The van der Waals surface area contributed by atoms with Crippen LogP contribution in [0, 0.1) is 0 Å². The quantitative estimate of drug-likeness (QED) is 0.437. The van der Waals surface area contributed by atoms with Crippen LogP contribution in [0.1, 0.15) is 12.8 Å². The normalized spacial score (nSPS) is 12.5. The highest BCUT2D eigenvalue weighted by Crippen LogP contribution is 1.96. The number of hydrogen-bond acceptors (Lipinski definition) is 4. The van der Waals surface area contributed by atoms with Crippen LogP contribution in [0.5, 0.6) is 0 Å². The van der Waals surface area contributed by atoms with Gasteiger partial charge in [0.05, 0.1) is 0 Å². The highest BCUT2D eigenvalue weighted by atomic mass is 16.4. The summed E-state index contributed by atoms with van der Waals surface area (Å²) in [5.41, 5.74) is 5.08. The molecule has 1 atom stereocenters. The number of carboxylic acid groups (broad SMARTS) is 1. The monoisotopic (exact) mass is 161 g/mol. The average Bonchev–Trinajstić information content (AvgIpc) is 1.98. The van der Waals surface area contributed by atoms with Gasteiger partial charge in [0.15, 0.2) is 0 Å². The molecule has 64 valence electrons. The van der Waals surface area contributed by atoms with Crippen molar-refractivity contribution < 1.29 is 19.8 Å². The molecule has 0 rings (SSSR count). The SMILES string of the molecule is NCCCC(O)C(=O)C(=O)O. The third-order valence-electron chi connectivity index (χ3n) is 1.20. The van der Waals surface area contributed by atoms with Gasteiger partial charge in [-0.2, -0.15) is 0 Å². The first-order valence-electron chi connectivity index (χ1n) is 3.25. The van der Waals surface area contributed by atoms with Gasteiger partial charge in [0.2, 0.25) is 0 Å². The van der Waals surface area contributed by atoms with Crippen LogP contribution < -0.4 is 5.73 Å². The molecular weight excluding hydrogens is 150 g/mol. The number of ketones is 1. The number of Topliss-reactive ketones (excluding diaryl/α,β-unsaturated/α-hetero) is 1. The van der Waals surface area contributed by atoms with Crippen molar-refractivity contribution in [2.24, 2.45) is 5.73 Å². The zero-order valence-corrected chi connectivity index (χ0v) is 5.99. The molecule has 0 aliphatic rings. The maximum atomic E-state index is 10.5. The van der Waals surface area contributed by atoms with Gasteiger partial charge < -0.3 is 15.9 Å². The van der Waals surface area contributed by atoms with Crippen LogP contribution in [0.3, 0.4) is 0 Å². The van der Waals surface area contributed by atoms with Gasteiger partial charge in [-0.05, 0) is 19.4 Å². The lowest BCUT2D eigenvalue weighted by Crippen LogP contribution is -2.28. The smallest absolute Gasteiger partial charge is 0.374 e. The van der Waals surface area contributed by atoms with E-state index >= 15 is 0 Å². The van der Waals surface area contributed by atoms with Crippen LogP contribution >= 0.6 is 0 Å². The standard InChI is InChI=1S/C6H11NO4/c7-3-1-2-4(8)5(9)6(10)11/h4,8H,1-3,7H2,(H,10,11). The number of carboxylic acids is 1. The first-order chi connectivity index (χ1) is 5.09. The minimum absolute atomic E-state index is 0.113. The second-order valence-corrected chi connectivity index (χ2v) is 2.12. The number of aliphatic hydroxyl groups is 1. The fraction of sp³-hybridized carbons (Fsp3) is 0.667. The Kier molecular flexibility index (Phi) is 4.40. The summed E-state index contributed by atoms with van der Waals surface area (Å²) in [7, 11) is 0. The van der Waals surface area contributed by atoms with Crippen molar-refractivity contribution in [2.45, 2.75) is 18.9 Å². The van der Waals surface area contributed by atoms with E-state index in [1.165, 1.54) is 0 Å². The molecule has 0 amide bonds. The van der Waals surface area contributed by atoms with E-state index < -0.39 is 17.9 Å². The molecule has 0 fully saturated rings. The summed E-state index contributed by atoms with van der Waals surface area (Å²) >= 11 is 0. The number of nitrogens with two attached hydrogens (primary N) is 1. The summed E-state index contributed by atoms with van der Waals surface area (Å²) < 4.78 is 0. The van der Waals surface area contributed by atoms with E-state index in [2.05, 4.69) is 0 Å². The van der Waals surface area contributed by atoms with Crippen molar-refractivity contribution >= 4 is 11.8 Å². The molecule has 0 aromatic carbocycles. The third-order valence-corrected chi connectivity index (χ3v) is 1.20. The summed E-state index contributed by atoms with van der Waals surface area (Å²) in [6, 6.07) is 0. The van der Waals surface area contributed by atoms with Gasteiger partial charge in [0, 0.05) is 0 Å². The van der Waals surface area contributed by atoms with Gasteiger partial charge in [-0.25, -0.2) is 4.79 Å². The number of carbonyl (C=O) groups excluding carboxylic acids is 1. The van der Waals surface area contributed by atoms with Crippen LogP contribution in [0.25, 0.3) is 0 Å². The second kappa shape index (κ2) is 4.81. The van der Waals surface area contributed by atoms with Crippen LogP contribution in [0.2, 0.25) is 0 Å². The van der Waals surface area contributed by atoms with Crippen molar-refractivity contribution in [1.29, 1.82) is 0 Å². The largest absolute Gasteiger partial charge is 0.475 e.